The molecule has 0 atom stereocenters. The van der Waals surface area contributed by atoms with Gasteiger partial charge in [-0.15, -0.1) is 22.7 Å². The van der Waals surface area contributed by atoms with Gasteiger partial charge in [-0.1, -0.05) is 24.3 Å². The molecule has 4 rings (SSSR count). The molecular formula is C21H22N2O5S3. The van der Waals surface area contributed by atoms with Crippen molar-refractivity contribution in [3.8, 4) is 0 Å². The lowest BCUT2D eigenvalue weighted by Crippen LogP contribution is -2.41. The van der Waals surface area contributed by atoms with Gasteiger partial charge in [0.1, 0.15) is 14.8 Å². The van der Waals surface area contributed by atoms with Gasteiger partial charge < -0.3 is 10.1 Å². The lowest BCUT2D eigenvalue weighted by molar-refractivity contribution is -0.120. The number of rotatable bonds is 6. The Hall–Kier alpha value is -2.27. The molecule has 1 aromatic carbocycles. The van der Waals surface area contributed by atoms with Crippen molar-refractivity contribution in [2.75, 3.05) is 25.0 Å². The third kappa shape index (κ3) is 4.38. The van der Waals surface area contributed by atoms with Crippen LogP contribution >= 0.6 is 22.7 Å². The first-order valence-electron chi connectivity index (χ1n) is 9.95. The van der Waals surface area contributed by atoms with Gasteiger partial charge in [0.2, 0.25) is 5.91 Å². The maximum atomic E-state index is 12.9. The van der Waals surface area contributed by atoms with E-state index in [1.165, 1.54) is 27.0 Å². The molecule has 164 valence electrons. The molecule has 1 saturated heterocycles. The number of thiophene rings is 2. The minimum Gasteiger partial charge on any atom is -0.462 e. The van der Waals surface area contributed by atoms with E-state index in [0.29, 0.717) is 27.6 Å². The second kappa shape index (κ2) is 9.07. The molecule has 10 heteroatoms. The van der Waals surface area contributed by atoms with Crippen LogP contribution in [0, 0.1) is 5.92 Å². The van der Waals surface area contributed by atoms with E-state index in [9.17, 15) is 18.0 Å². The molecule has 1 N–H and O–H groups in total. The molecule has 31 heavy (non-hydrogen) atoms. The topological polar surface area (TPSA) is 92.8 Å². The second-order valence-corrected chi connectivity index (χ2v) is 11.3. The van der Waals surface area contributed by atoms with Crippen LogP contribution in [-0.2, 0) is 19.6 Å². The van der Waals surface area contributed by atoms with Crippen molar-refractivity contribution in [2.24, 2.45) is 5.92 Å². The highest BCUT2D eigenvalue weighted by atomic mass is 32.2. The normalized spacial score (nSPS) is 15.8. The molecule has 0 aliphatic carbocycles. The molecule has 3 heterocycles. The number of carbonyl (C=O) groups excluding carboxylic acids is 2. The van der Waals surface area contributed by atoms with Gasteiger partial charge in [0, 0.05) is 29.1 Å². The SMILES string of the molecule is CCOC(=O)c1c(NC(=O)C2CCN(S(=O)(=O)c3cccs3)CC2)sc2ccccc12. The number of amides is 1. The zero-order valence-corrected chi connectivity index (χ0v) is 19.3. The van der Waals surface area contributed by atoms with Gasteiger partial charge in [0.15, 0.2) is 0 Å². The molecule has 0 saturated carbocycles. The van der Waals surface area contributed by atoms with E-state index in [0.717, 1.165) is 10.1 Å². The van der Waals surface area contributed by atoms with Crippen molar-refractivity contribution in [3.05, 3.63) is 47.3 Å². The molecule has 0 spiro atoms. The average molecular weight is 479 g/mol. The van der Waals surface area contributed by atoms with E-state index in [-0.39, 0.29) is 31.5 Å². The van der Waals surface area contributed by atoms with E-state index in [1.807, 2.05) is 24.3 Å². The van der Waals surface area contributed by atoms with Gasteiger partial charge in [-0.25, -0.2) is 13.2 Å². The first-order chi connectivity index (χ1) is 14.9. The summed E-state index contributed by atoms with van der Waals surface area (Å²) in [7, 11) is -3.51. The van der Waals surface area contributed by atoms with Crippen molar-refractivity contribution in [2.45, 2.75) is 24.0 Å². The highest BCUT2D eigenvalue weighted by Gasteiger charge is 2.33. The van der Waals surface area contributed by atoms with Crippen LogP contribution in [0.15, 0.2) is 46.0 Å². The fourth-order valence-corrected chi connectivity index (χ4v) is 7.36. The number of hydrogen-bond acceptors (Lipinski definition) is 7. The Morgan fingerprint density at radius 2 is 1.90 bits per heavy atom. The summed E-state index contributed by atoms with van der Waals surface area (Å²) in [5.74, 6) is -0.993. The van der Waals surface area contributed by atoms with Gasteiger partial charge in [0.05, 0.1) is 6.61 Å². The number of anilines is 1. The van der Waals surface area contributed by atoms with Crippen molar-refractivity contribution in [3.63, 3.8) is 0 Å². The van der Waals surface area contributed by atoms with Crippen LogP contribution in [0.1, 0.15) is 30.1 Å². The molecule has 2 aromatic heterocycles. The van der Waals surface area contributed by atoms with Crippen LogP contribution in [0.3, 0.4) is 0 Å². The molecule has 1 aliphatic rings. The monoisotopic (exact) mass is 478 g/mol. The number of fused-ring (bicyclic) bond motifs is 1. The van der Waals surface area contributed by atoms with Crippen LogP contribution in [-0.4, -0.2) is 44.3 Å². The molecule has 0 unspecified atom stereocenters. The maximum Gasteiger partial charge on any atom is 0.341 e. The minimum atomic E-state index is -3.51. The number of benzene rings is 1. The van der Waals surface area contributed by atoms with Crippen LogP contribution in [0.4, 0.5) is 5.00 Å². The number of esters is 1. The number of hydrogen-bond donors (Lipinski definition) is 1. The fourth-order valence-electron chi connectivity index (χ4n) is 3.65. The third-order valence-corrected chi connectivity index (χ3v) is 9.58. The largest absolute Gasteiger partial charge is 0.462 e. The lowest BCUT2D eigenvalue weighted by atomic mass is 9.97. The summed E-state index contributed by atoms with van der Waals surface area (Å²) in [5, 5.41) is 5.86. The van der Waals surface area contributed by atoms with Gasteiger partial charge in [-0.3, -0.25) is 4.79 Å². The van der Waals surface area contributed by atoms with Crippen LogP contribution in [0.5, 0.6) is 0 Å². The Morgan fingerprint density at radius 1 is 1.16 bits per heavy atom. The summed E-state index contributed by atoms with van der Waals surface area (Å²) >= 11 is 2.53. The van der Waals surface area contributed by atoms with Gasteiger partial charge in [-0.05, 0) is 37.3 Å². The van der Waals surface area contributed by atoms with E-state index < -0.39 is 16.0 Å². The Morgan fingerprint density at radius 3 is 2.58 bits per heavy atom. The van der Waals surface area contributed by atoms with E-state index in [2.05, 4.69) is 5.32 Å². The van der Waals surface area contributed by atoms with Gasteiger partial charge >= 0.3 is 5.97 Å². The quantitative estimate of drug-likeness (QED) is 0.537. The zero-order valence-electron chi connectivity index (χ0n) is 16.9. The smallest absolute Gasteiger partial charge is 0.341 e. The summed E-state index contributed by atoms with van der Waals surface area (Å²) in [4.78, 5) is 25.5. The maximum absolute atomic E-state index is 12.9. The van der Waals surface area contributed by atoms with Crippen LogP contribution in [0.2, 0.25) is 0 Å². The summed E-state index contributed by atoms with van der Waals surface area (Å²) in [6, 6.07) is 10.8. The molecule has 0 bridgehead atoms. The van der Waals surface area contributed by atoms with Crippen LogP contribution in [0.25, 0.3) is 10.1 Å². The van der Waals surface area contributed by atoms with E-state index in [4.69, 9.17) is 4.74 Å². The molecule has 3 aromatic rings. The number of sulfonamides is 1. The summed E-state index contributed by atoms with van der Waals surface area (Å²) in [6.45, 7) is 2.56. The highest BCUT2D eigenvalue weighted by molar-refractivity contribution is 7.91. The summed E-state index contributed by atoms with van der Waals surface area (Å²) < 4.78 is 33.2. The molecule has 7 nitrogen and oxygen atoms in total. The summed E-state index contributed by atoms with van der Waals surface area (Å²) in [5.41, 5.74) is 0.369. The Kier molecular flexibility index (Phi) is 6.42. The third-order valence-electron chi connectivity index (χ3n) is 5.23. The van der Waals surface area contributed by atoms with Crippen molar-refractivity contribution >= 4 is 59.7 Å². The predicted molar refractivity (Wildman–Crippen MR) is 122 cm³/mol. The van der Waals surface area contributed by atoms with Gasteiger partial charge in [-0.2, -0.15) is 4.31 Å². The fraction of sp³-hybridized carbons (Fsp3) is 0.333. The number of nitrogens with one attached hydrogen (secondary N) is 1. The average Bonchev–Trinajstić information content (AvgIpc) is 3.42. The molecular weight excluding hydrogens is 456 g/mol. The first-order valence-corrected chi connectivity index (χ1v) is 13.1. The summed E-state index contributed by atoms with van der Waals surface area (Å²) in [6.07, 6.45) is 0.853. The van der Waals surface area contributed by atoms with Crippen molar-refractivity contribution in [1.29, 1.82) is 0 Å². The standard InChI is InChI=1S/C21H22N2O5S3/c1-2-28-21(25)18-15-6-3-4-7-16(15)30-20(18)22-19(24)14-9-11-23(12-10-14)31(26,27)17-8-5-13-29-17/h3-8,13-14H,2,9-12H2,1H3,(H,22,24). The predicted octanol–water partition coefficient (Wildman–Crippen LogP) is 4.18. The lowest BCUT2D eigenvalue weighted by Gasteiger charge is -2.30. The number of carbonyl (C=O) groups is 2. The molecule has 1 amide bonds. The minimum absolute atomic E-state index is 0.203. The van der Waals surface area contributed by atoms with E-state index >= 15 is 0 Å². The van der Waals surface area contributed by atoms with Gasteiger partial charge in [0.25, 0.3) is 10.0 Å². The van der Waals surface area contributed by atoms with Crippen LogP contribution < -0.4 is 5.32 Å². The van der Waals surface area contributed by atoms with Crippen molar-refractivity contribution in [1.82, 2.24) is 4.31 Å². The molecule has 1 aliphatic heterocycles. The Bertz CT molecular complexity index is 1190. The van der Waals surface area contributed by atoms with Crippen molar-refractivity contribution < 1.29 is 22.7 Å². The Labute approximate surface area is 188 Å². The second-order valence-electron chi connectivity index (χ2n) is 7.12. The number of piperidine rings is 1. The number of ether oxygens (including phenoxy) is 1. The Balaban J connectivity index is 1.48. The number of nitrogens with zero attached hydrogens (tertiary/aromatic N) is 1. The molecule has 1 fully saturated rings. The molecule has 0 radical (unpaired) electrons. The van der Waals surface area contributed by atoms with E-state index in [1.54, 1.807) is 24.4 Å². The highest BCUT2D eigenvalue weighted by Crippen LogP contribution is 2.37. The first kappa shape index (κ1) is 21.9. The zero-order chi connectivity index (χ0) is 22.0.